The van der Waals surface area contributed by atoms with E-state index in [9.17, 15) is 0 Å². The fourth-order valence-corrected chi connectivity index (χ4v) is 4.11. The van der Waals surface area contributed by atoms with E-state index in [2.05, 4.69) is 39.1 Å². The van der Waals surface area contributed by atoms with Crippen LogP contribution < -0.4 is 19.5 Å². The zero-order valence-electron chi connectivity index (χ0n) is 21.1. The molecule has 0 saturated carbocycles. The molecule has 10 heteroatoms. The van der Waals surface area contributed by atoms with Gasteiger partial charge in [0.25, 0.3) is 0 Å². The summed E-state index contributed by atoms with van der Waals surface area (Å²) in [6, 6.07) is 13.9. The van der Waals surface area contributed by atoms with E-state index in [1.54, 1.807) is 50.9 Å². The molecular formula is C27H27N7O3. The molecule has 37 heavy (non-hydrogen) atoms. The number of benzene rings is 2. The number of aliphatic imine (C=N–C) groups is 1. The standard InChI is InChI=1S/C27H27N7O3/c1-17-15-29-33(2)24(30-17)12-18-7-6-8-21(11-18)34-10-9-19-16-28-27(32-26(19)34)31-20-13-22(35-3)25(37-5)23(14-20)36-4/h6-11,13-16H,1,12H2,2-5H3,(H,28,31,32). The van der Waals surface area contributed by atoms with Gasteiger partial charge in [-0.1, -0.05) is 18.7 Å². The smallest absolute Gasteiger partial charge is 0.229 e. The van der Waals surface area contributed by atoms with Gasteiger partial charge in [0.1, 0.15) is 11.5 Å². The van der Waals surface area contributed by atoms with Crippen molar-refractivity contribution in [3.05, 3.63) is 72.7 Å². The van der Waals surface area contributed by atoms with Gasteiger partial charge < -0.3 is 24.1 Å². The highest BCUT2D eigenvalue weighted by Gasteiger charge is 2.15. The summed E-state index contributed by atoms with van der Waals surface area (Å²) in [5, 5.41) is 10.2. The molecule has 0 unspecified atom stereocenters. The van der Waals surface area contributed by atoms with Crippen molar-refractivity contribution in [2.45, 2.75) is 6.42 Å². The molecule has 0 spiro atoms. The van der Waals surface area contributed by atoms with Gasteiger partial charge in [-0.2, -0.15) is 10.1 Å². The highest BCUT2D eigenvalue weighted by atomic mass is 16.5. The van der Waals surface area contributed by atoms with Crippen LogP contribution in [0, 0.1) is 0 Å². The van der Waals surface area contributed by atoms with Crippen molar-refractivity contribution >= 4 is 34.7 Å². The Hall–Kier alpha value is -4.86. The number of nitrogens with zero attached hydrogens (tertiary/aromatic N) is 6. The van der Waals surface area contributed by atoms with Gasteiger partial charge in [0.2, 0.25) is 11.7 Å². The van der Waals surface area contributed by atoms with E-state index in [1.807, 2.05) is 36.0 Å². The largest absolute Gasteiger partial charge is 0.493 e. The number of hydrogen-bond donors (Lipinski definition) is 1. The number of aromatic nitrogens is 3. The van der Waals surface area contributed by atoms with Gasteiger partial charge in [0, 0.05) is 54.8 Å². The predicted molar refractivity (Wildman–Crippen MR) is 145 cm³/mol. The molecule has 5 rings (SSSR count). The first-order chi connectivity index (χ1) is 18.0. The number of hydrogen-bond acceptors (Lipinski definition) is 9. The molecule has 0 radical (unpaired) electrons. The highest BCUT2D eigenvalue weighted by Crippen LogP contribution is 2.40. The molecule has 0 amide bonds. The molecule has 1 aliphatic rings. The zero-order valence-corrected chi connectivity index (χ0v) is 21.1. The van der Waals surface area contributed by atoms with Crippen molar-refractivity contribution in [2.24, 2.45) is 10.1 Å². The molecule has 2 aromatic heterocycles. The highest BCUT2D eigenvalue weighted by molar-refractivity contribution is 5.93. The molecule has 1 aliphatic heterocycles. The van der Waals surface area contributed by atoms with Crippen molar-refractivity contribution in [3.8, 4) is 22.9 Å². The van der Waals surface area contributed by atoms with E-state index in [1.165, 1.54) is 0 Å². The van der Waals surface area contributed by atoms with Crippen LogP contribution in [0.1, 0.15) is 5.56 Å². The van der Waals surface area contributed by atoms with Crippen LogP contribution in [0.15, 0.2) is 77.2 Å². The van der Waals surface area contributed by atoms with Crippen LogP contribution >= 0.6 is 0 Å². The Bertz CT molecular complexity index is 1520. The maximum atomic E-state index is 5.46. The summed E-state index contributed by atoms with van der Waals surface area (Å²) < 4.78 is 18.4. The third-order valence-corrected chi connectivity index (χ3v) is 5.93. The molecule has 1 N–H and O–H groups in total. The van der Waals surface area contributed by atoms with E-state index in [0.717, 1.165) is 28.1 Å². The number of amidine groups is 1. The van der Waals surface area contributed by atoms with Crippen LogP contribution in [0.3, 0.4) is 0 Å². The Labute approximate surface area is 214 Å². The third kappa shape index (κ3) is 4.81. The minimum atomic E-state index is 0.437. The minimum absolute atomic E-state index is 0.437. The number of rotatable bonds is 8. The van der Waals surface area contributed by atoms with Crippen LogP contribution in [0.25, 0.3) is 16.7 Å². The summed E-state index contributed by atoms with van der Waals surface area (Å²) in [6.07, 6.45) is 6.05. The van der Waals surface area contributed by atoms with E-state index in [4.69, 9.17) is 19.2 Å². The SMILES string of the molecule is C=C1C=NN(C)C(Cc2cccc(-n3ccc4cnc(Nc5cc(OC)c(OC)c(OC)c5)nc43)c2)=N1. The number of allylic oxidation sites excluding steroid dienone is 1. The molecule has 0 atom stereocenters. The van der Waals surface area contributed by atoms with E-state index >= 15 is 0 Å². The molecule has 4 aromatic rings. The Balaban J connectivity index is 1.45. The number of nitrogens with one attached hydrogen (secondary N) is 1. The fourth-order valence-electron chi connectivity index (χ4n) is 4.11. The summed E-state index contributed by atoms with van der Waals surface area (Å²) >= 11 is 0. The van der Waals surface area contributed by atoms with Crippen molar-refractivity contribution in [3.63, 3.8) is 0 Å². The van der Waals surface area contributed by atoms with Gasteiger partial charge in [-0.3, -0.25) is 5.01 Å². The second-order valence-corrected chi connectivity index (χ2v) is 8.33. The zero-order chi connectivity index (χ0) is 25.9. The topological polar surface area (TPSA) is 98.4 Å². The van der Waals surface area contributed by atoms with Gasteiger partial charge in [0.05, 0.1) is 33.2 Å². The van der Waals surface area contributed by atoms with Crippen LogP contribution in [-0.4, -0.2) is 60.0 Å². The molecule has 10 nitrogen and oxygen atoms in total. The maximum Gasteiger partial charge on any atom is 0.229 e. The van der Waals surface area contributed by atoms with Gasteiger partial charge in [-0.15, -0.1) is 0 Å². The van der Waals surface area contributed by atoms with E-state index in [-0.39, 0.29) is 0 Å². The Morgan fingerprint density at radius 3 is 2.51 bits per heavy atom. The second-order valence-electron chi connectivity index (χ2n) is 8.33. The average molecular weight is 498 g/mol. The minimum Gasteiger partial charge on any atom is -0.493 e. The van der Waals surface area contributed by atoms with Gasteiger partial charge in [0.15, 0.2) is 11.5 Å². The monoisotopic (exact) mass is 497 g/mol. The Morgan fingerprint density at radius 2 is 1.78 bits per heavy atom. The summed E-state index contributed by atoms with van der Waals surface area (Å²) in [4.78, 5) is 13.8. The number of methoxy groups -OCH3 is 3. The van der Waals surface area contributed by atoms with Crippen molar-refractivity contribution < 1.29 is 14.2 Å². The van der Waals surface area contributed by atoms with Crippen LogP contribution in [-0.2, 0) is 6.42 Å². The maximum absolute atomic E-state index is 5.46. The van der Waals surface area contributed by atoms with Crippen LogP contribution in [0.5, 0.6) is 17.2 Å². The van der Waals surface area contributed by atoms with Crippen molar-refractivity contribution in [2.75, 3.05) is 33.7 Å². The quantitative estimate of drug-likeness (QED) is 0.381. The number of fused-ring (bicyclic) bond motifs is 1. The van der Waals surface area contributed by atoms with Gasteiger partial charge in [-0.25, -0.2) is 9.98 Å². The Kier molecular flexibility index (Phi) is 6.46. The first-order valence-electron chi connectivity index (χ1n) is 11.5. The van der Waals surface area contributed by atoms with E-state index < -0.39 is 0 Å². The number of anilines is 2. The third-order valence-electron chi connectivity index (χ3n) is 5.93. The summed E-state index contributed by atoms with van der Waals surface area (Å²) in [6.45, 7) is 3.89. The summed E-state index contributed by atoms with van der Waals surface area (Å²) in [5.74, 6) is 2.86. The second kappa shape index (κ2) is 10.0. The first-order valence-corrected chi connectivity index (χ1v) is 11.5. The molecule has 3 heterocycles. The molecule has 188 valence electrons. The molecule has 0 bridgehead atoms. The predicted octanol–water partition coefficient (Wildman–Crippen LogP) is 4.58. The normalized spacial score (nSPS) is 13.0. The van der Waals surface area contributed by atoms with Gasteiger partial charge >= 0.3 is 0 Å². The van der Waals surface area contributed by atoms with Crippen LogP contribution in [0.2, 0.25) is 0 Å². The van der Waals surface area contributed by atoms with Gasteiger partial charge in [-0.05, 0) is 23.8 Å². The van der Waals surface area contributed by atoms with Crippen molar-refractivity contribution in [1.82, 2.24) is 19.5 Å². The molecular weight excluding hydrogens is 470 g/mol. The lowest BCUT2D eigenvalue weighted by molar-refractivity contribution is 0.324. The lowest BCUT2D eigenvalue weighted by atomic mass is 10.1. The Morgan fingerprint density at radius 1 is 1.00 bits per heavy atom. The molecule has 0 fully saturated rings. The number of ether oxygens (including phenoxy) is 3. The molecule has 0 aliphatic carbocycles. The summed E-state index contributed by atoms with van der Waals surface area (Å²) in [7, 11) is 6.60. The number of likely N-dealkylation sites (N-methyl/N-ethyl adjacent to an activating group) is 1. The first kappa shape index (κ1) is 23.9. The fraction of sp³-hybridized carbons (Fsp3) is 0.185. The lowest BCUT2D eigenvalue weighted by Crippen LogP contribution is -2.26. The van der Waals surface area contributed by atoms with E-state index in [0.29, 0.717) is 41.0 Å². The molecule has 0 saturated heterocycles. The van der Waals surface area contributed by atoms with Crippen LogP contribution in [0.4, 0.5) is 11.6 Å². The lowest BCUT2D eigenvalue weighted by Gasteiger charge is -2.19. The average Bonchev–Trinajstić information content (AvgIpc) is 3.33. The number of hydrazone groups is 1. The molecule has 2 aromatic carbocycles. The van der Waals surface area contributed by atoms with Crippen molar-refractivity contribution in [1.29, 1.82) is 0 Å². The summed E-state index contributed by atoms with van der Waals surface area (Å²) in [5.41, 5.74) is 4.19.